The average Bonchev–Trinajstić information content (AvgIpc) is 3.39. The number of hydrogen-bond acceptors (Lipinski definition) is 3. The van der Waals surface area contributed by atoms with E-state index in [0.29, 0.717) is 17.2 Å². The number of rotatable bonds is 6. The Hall–Kier alpha value is -2.18. The Bertz CT molecular complexity index is 870. The molecule has 0 aromatic heterocycles. The molecule has 1 amide bonds. The molecule has 0 unspecified atom stereocenters. The first-order valence-corrected chi connectivity index (χ1v) is 9.87. The Morgan fingerprint density at radius 3 is 2.36 bits per heavy atom. The number of anilines is 1. The van der Waals surface area contributed by atoms with E-state index in [2.05, 4.69) is 23.9 Å². The van der Waals surface area contributed by atoms with E-state index in [4.69, 9.17) is 0 Å². The van der Waals surface area contributed by atoms with Crippen LogP contribution in [0.5, 0.6) is 0 Å². The molecule has 1 fully saturated rings. The Labute approximate surface area is 148 Å². The minimum absolute atomic E-state index is 0.0296. The van der Waals surface area contributed by atoms with Crippen LogP contribution in [0.1, 0.15) is 48.5 Å². The van der Waals surface area contributed by atoms with Crippen LogP contribution in [-0.2, 0) is 10.0 Å². The molecule has 0 atom stereocenters. The predicted octanol–water partition coefficient (Wildman–Crippen LogP) is 3.50. The summed E-state index contributed by atoms with van der Waals surface area (Å²) in [4.78, 5) is 12.5. The zero-order valence-corrected chi connectivity index (χ0v) is 15.1. The van der Waals surface area contributed by atoms with E-state index in [1.165, 1.54) is 17.7 Å². The lowest BCUT2D eigenvalue weighted by molar-refractivity contribution is 0.102. The maximum absolute atomic E-state index is 12.4. The van der Waals surface area contributed by atoms with Crippen LogP contribution in [0.25, 0.3) is 0 Å². The predicted molar refractivity (Wildman–Crippen MR) is 98.3 cm³/mol. The number of nitrogens with one attached hydrogen (secondary N) is 2. The van der Waals surface area contributed by atoms with Gasteiger partial charge in [-0.25, -0.2) is 13.1 Å². The van der Waals surface area contributed by atoms with Crippen LogP contribution >= 0.6 is 0 Å². The summed E-state index contributed by atoms with van der Waals surface area (Å²) in [5, 5.41) is 2.80. The lowest BCUT2D eigenvalue weighted by Crippen LogP contribution is -2.26. The SMILES string of the molecule is CC(C)c1ccc(NC(=O)c2cccc(S(=O)(=O)NC3CC3)c2)cc1. The summed E-state index contributed by atoms with van der Waals surface area (Å²) in [5.41, 5.74) is 2.18. The summed E-state index contributed by atoms with van der Waals surface area (Å²) in [5.74, 6) is 0.0892. The van der Waals surface area contributed by atoms with Crippen LogP contribution in [0.3, 0.4) is 0 Å². The van der Waals surface area contributed by atoms with Gasteiger partial charge in [-0.3, -0.25) is 4.79 Å². The van der Waals surface area contributed by atoms with Crippen molar-refractivity contribution in [3.63, 3.8) is 0 Å². The largest absolute Gasteiger partial charge is 0.322 e. The summed E-state index contributed by atoms with van der Waals surface area (Å²) in [6.07, 6.45) is 1.73. The third-order valence-electron chi connectivity index (χ3n) is 4.14. The van der Waals surface area contributed by atoms with Gasteiger partial charge in [0.25, 0.3) is 5.91 Å². The molecule has 2 aromatic rings. The van der Waals surface area contributed by atoms with E-state index in [1.807, 2.05) is 24.3 Å². The number of carbonyl (C=O) groups excluding carboxylic acids is 1. The second-order valence-corrected chi connectivity index (χ2v) is 8.37. The molecule has 0 bridgehead atoms. The highest BCUT2D eigenvalue weighted by Gasteiger charge is 2.28. The molecule has 2 N–H and O–H groups in total. The second kappa shape index (κ2) is 6.98. The monoisotopic (exact) mass is 358 g/mol. The van der Waals surface area contributed by atoms with E-state index in [9.17, 15) is 13.2 Å². The molecule has 0 saturated heterocycles. The highest BCUT2D eigenvalue weighted by Crippen LogP contribution is 2.23. The Morgan fingerprint density at radius 2 is 1.76 bits per heavy atom. The topological polar surface area (TPSA) is 75.3 Å². The molecule has 0 radical (unpaired) electrons. The van der Waals surface area contributed by atoms with Gasteiger partial charge in [0.1, 0.15) is 0 Å². The molecule has 132 valence electrons. The summed E-state index contributed by atoms with van der Waals surface area (Å²) in [7, 11) is -3.57. The fourth-order valence-electron chi connectivity index (χ4n) is 2.45. The van der Waals surface area contributed by atoms with Crippen molar-refractivity contribution in [2.24, 2.45) is 0 Å². The molecule has 1 saturated carbocycles. The van der Waals surface area contributed by atoms with Crippen molar-refractivity contribution < 1.29 is 13.2 Å². The van der Waals surface area contributed by atoms with Crippen molar-refractivity contribution >= 4 is 21.6 Å². The molecule has 2 aromatic carbocycles. The maximum atomic E-state index is 12.4. The lowest BCUT2D eigenvalue weighted by atomic mass is 10.0. The van der Waals surface area contributed by atoms with Gasteiger partial charge in [-0.05, 0) is 54.7 Å². The summed E-state index contributed by atoms with van der Waals surface area (Å²) < 4.78 is 27.2. The maximum Gasteiger partial charge on any atom is 0.255 e. The smallest absolute Gasteiger partial charge is 0.255 e. The molecule has 1 aliphatic rings. The van der Waals surface area contributed by atoms with Crippen LogP contribution in [0.15, 0.2) is 53.4 Å². The minimum atomic E-state index is -3.57. The Kier molecular flexibility index (Phi) is 4.92. The van der Waals surface area contributed by atoms with E-state index < -0.39 is 10.0 Å². The molecular formula is C19H22N2O3S. The van der Waals surface area contributed by atoms with Gasteiger partial charge in [0, 0.05) is 17.3 Å². The standard InChI is InChI=1S/C19H22N2O3S/c1-13(2)14-6-8-16(9-7-14)20-19(22)15-4-3-5-18(12-15)25(23,24)21-17-10-11-17/h3-9,12-13,17,21H,10-11H2,1-2H3,(H,20,22). The Morgan fingerprint density at radius 1 is 1.08 bits per heavy atom. The van der Waals surface area contributed by atoms with Crippen LogP contribution in [0, 0.1) is 0 Å². The van der Waals surface area contributed by atoms with E-state index in [-0.39, 0.29) is 16.8 Å². The first kappa shape index (κ1) is 17.6. The zero-order chi connectivity index (χ0) is 18.0. The molecule has 3 rings (SSSR count). The number of carbonyl (C=O) groups is 1. The van der Waals surface area contributed by atoms with Gasteiger partial charge in [0.05, 0.1) is 4.90 Å². The third kappa shape index (κ3) is 4.46. The summed E-state index contributed by atoms with van der Waals surface area (Å²) >= 11 is 0. The van der Waals surface area contributed by atoms with Crippen molar-refractivity contribution in [1.82, 2.24) is 4.72 Å². The zero-order valence-electron chi connectivity index (χ0n) is 14.3. The molecule has 5 nitrogen and oxygen atoms in total. The quantitative estimate of drug-likeness (QED) is 0.830. The molecular weight excluding hydrogens is 336 g/mol. The van der Waals surface area contributed by atoms with Crippen molar-refractivity contribution in [2.45, 2.75) is 43.5 Å². The van der Waals surface area contributed by atoms with Crippen LogP contribution in [0.2, 0.25) is 0 Å². The molecule has 0 aliphatic heterocycles. The van der Waals surface area contributed by atoms with Gasteiger partial charge >= 0.3 is 0 Å². The molecule has 0 heterocycles. The molecule has 6 heteroatoms. The average molecular weight is 358 g/mol. The summed E-state index contributed by atoms with van der Waals surface area (Å²) in [6, 6.07) is 13.8. The molecule has 25 heavy (non-hydrogen) atoms. The Balaban J connectivity index is 1.74. The van der Waals surface area contributed by atoms with Crippen molar-refractivity contribution in [3.05, 3.63) is 59.7 Å². The summed E-state index contributed by atoms with van der Waals surface area (Å²) in [6.45, 7) is 4.21. The van der Waals surface area contributed by atoms with Crippen LogP contribution in [0.4, 0.5) is 5.69 Å². The highest BCUT2D eigenvalue weighted by atomic mass is 32.2. The van der Waals surface area contributed by atoms with Gasteiger partial charge in [0.2, 0.25) is 10.0 Å². The number of hydrogen-bond donors (Lipinski definition) is 2. The van der Waals surface area contributed by atoms with Crippen molar-refractivity contribution in [3.8, 4) is 0 Å². The fourth-order valence-corrected chi connectivity index (χ4v) is 3.80. The number of amides is 1. The first-order chi connectivity index (χ1) is 11.8. The second-order valence-electron chi connectivity index (χ2n) is 6.65. The van der Waals surface area contributed by atoms with Gasteiger partial charge in [0.15, 0.2) is 0 Å². The fraction of sp³-hybridized carbons (Fsp3) is 0.316. The van der Waals surface area contributed by atoms with Gasteiger partial charge in [-0.1, -0.05) is 32.0 Å². The van der Waals surface area contributed by atoms with Crippen LogP contribution < -0.4 is 10.0 Å². The van der Waals surface area contributed by atoms with Gasteiger partial charge in [-0.15, -0.1) is 0 Å². The van der Waals surface area contributed by atoms with Crippen molar-refractivity contribution in [1.29, 1.82) is 0 Å². The van der Waals surface area contributed by atoms with Gasteiger partial charge in [-0.2, -0.15) is 0 Å². The normalized spacial score (nSPS) is 14.5. The number of sulfonamides is 1. The lowest BCUT2D eigenvalue weighted by Gasteiger charge is -2.10. The molecule has 1 aliphatic carbocycles. The number of benzene rings is 2. The minimum Gasteiger partial charge on any atom is -0.322 e. The van der Waals surface area contributed by atoms with E-state index >= 15 is 0 Å². The first-order valence-electron chi connectivity index (χ1n) is 8.39. The van der Waals surface area contributed by atoms with Gasteiger partial charge < -0.3 is 5.32 Å². The highest BCUT2D eigenvalue weighted by molar-refractivity contribution is 7.89. The van der Waals surface area contributed by atoms with E-state index in [0.717, 1.165) is 12.8 Å². The van der Waals surface area contributed by atoms with Crippen LogP contribution in [-0.4, -0.2) is 20.4 Å². The van der Waals surface area contributed by atoms with Crippen molar-refractivity contribution in [2.75, 3.05) is 5.32 Å². The van der Waals surface area contributed by atoms with E-state index in [1.54, 1.807) is 12.1 Å². The third-order valence-corrected chi connectivity index (χ3v) is 5.66. The molecule has 0 spiro atoms.